The van der Waals surface area contributed by atoms with Crippen molar-refractivity contribution in [2.45, 2.75) is 46.6 Å². The van der Waals surface area contributed by atoms with Crippen molar-refractivity contribution in [3.8, 4) is 11.5 Å². The molecule has 0 spiro atoms. The summed E-state index contributed by atoms with van der Waals surface area (Å²) in [7, 11) is 0. The van der Waals surface area contributed by atoms with Crippen LogP contribution in [0, 0.1) is 0 Å². The van der Waals surface area contributed by atoms with Crippen molar-refractivity contribution >= 4 is 5.97 Å². The van der Waals surface area contributed by atoms with Crippen LogP contribution in [-0.4, -0.2) is 18.7 Å². The molecule has 1 rings (SSSR count). The summed E-state index contributed by atoms with van der Waals surface area (Å²) in [5.74, 6) is 1.28. The number of carbonyl (C=O) groups excluding carboxylic acids is 1. The van der Waals surface area contributed by atoms with E-state index in [4.69, 9.17) is 14.2 Å². The molecule has 1 unspecified atom stereocenters. The highest BCUT2D eigenvalue weighted by atomic mass is 16.5. The van der Waals surface area contributed by atoms with Gasteiger partial charge in [-0.15, -0.1) is 0 Å². The number of ether oxygens (including phenoxy) is 3. The molecule has 116 valence electrons. The molecule has 4 heteroatoms. The molecular weight excluding hydrogens is 268 g/mol. The van der Waals surface area contributed by atoms with Crippen LogP contribution in [0.15, 0.2) is 36.1 Å². The van der Waals surface area contributed by atoms with Crippen LogP contribution in [0.2, 0.25) is 0 Å². The van der Waals surface area contributed by atoms with Crippen molar-refractivity contribution in [3.63, 3.8) is 0 Å². The molecule has 0 amide bonds. The third-order valence-corrected chi connectivity index (χ3v) is 2.86. The minimum absolute atomic E-state index is 0.198. The Labute approximate surface area is 126 Å². The molecule has 0 aromatic heterocycles. The second-order valence-electron chi connectivity index (χ2n) is 4.87. The van der Waals surface area contributed by atoms with Gasteiger partial charge in [0.2, 0.25) is 0 Å². The Bertz CT molecular complexity index is 462. The van der Waals surface area contributed by atoms with Gasteiger partial charge >= 0.3 is 5.97 Å². The van der Waals surface area contributed by atoms with E-state index in [-0.39, 0.29) is 18.5 Å². The molecule has 1 aromatic rings. The summed E-state index contributed by atoms with van der Waals surface area (Å²) < 4.78 is 16.1. The molecule has 4 nitrogen and oxygen atoms in total. The van der Waals surface area contributed by atoms with Gasteiger partial charge < -0.3 is 14.2 Å². The van der Waals surface area contributed by atoms with Gasteiger partial charge in [-0.25, -0.2) is 0 Å². The highest BCUT2D eigenvalue weighted by Crippen LogP contribution is 2.19. The SMILES string of the molecule is CCOC(=O)C/C(C)=C\Oc1ccc(OC(C)CC)cc1. The topological polar surface area (TPSA) is 44.8 Å². The molecule has 21 heavy (non-hydrogen) atoms. The fraction of sp³-hybridized carbons (Fsp3) is 0.471. The van der Waals surface area contributed by atoms with Crippen LogP contribution in [0.1, 0.15) is 40.5 Å². The standard InChI is InChI=1S/C17H24O4/c1-5-14(4)21-16-9-7-15(8-10-16)20-12-13(3)11-17(18)19-6-2/h7-10,12,14H,5-6,11H2,1-4H3/b13-12-. The van der Waals surface area contributed by atoms with Crippen molar-refractivity contribution in [3.05, 3.63) is 36.1 Å². The van der Waals surface area contributed by atoms with Gasteiger partial charge in [0.15, 0.2) is 0 Å². The van der Waals surface area contributed by atoms with Gasteiger partial charge in [0.05, 0.1) is 25.4 Å². The lowest BCUT2D eigenvalue weighted by Crippen LogP contribution is -2.09. The normalized spacial score (nSPS) is 12.7. The predicted octanol–water partition coefficient (Wildman–Crippen LogP) is 4.10. The zero-order valence-corrected chi connectivity index (χ0v) is 13.2. The molecule has 0 fully saturated rings. The monoisotopic (exact) mass is 292 g/mol. The Morgan fingerprint density at radius 2 is 1.81 bits per heavy atom. The van der Waals surface area contributed by atoms with Crippen LogP contribution >= 0.6 is 0 Å². The molecular formula is C17H24O4. The quantitative estimate of drug-likeness (QED) is 0.534. The van der Waals surface area contributed by atoms with Crippen LogP contribution < -0.4 is 9.47 Å². The van der Waals surface area contributed by atoms with Crippen LogP contribution in [0.3, 0.4) is 0 Å². The first kappa shape index (κ1) is 17.1. The Hall–Kier alpha value is -1.97. The second kappa shape index (κ2) is 9.06. The summed E-state index contributed by atoms with van der Waals surface area (Å²) in [6.07, 6.45) is 2.97. The molecule has 1 atom stereocenters. The van der Waals surface area contributed by atoms with Crippen LogP contribution in [0.25, 0.3) is 0 Å². The Morgan fingerprint density at radius 3 is 2.38 bits per heavy atom. The average molecular weight is 292 g/mol. The molecule has 0 saturated carbocycles. The Balaban J connectivity index is 2.50. The molecule has 0 bridgehead atoms. The molecule has 0 saturated heterocycles. The first-order valence-corrected chi connectivity index (χ1v) is 7.29. The first-order valence-electron chi connectivity index (χ1n) is 7.29. The van der Waals surface area contributed by atoms with E-state index in [1.165, 1.54) is 0 Å². The van der Waals surface area contributed by atoms with Gasteiger partial charge in [0.1, 0.15) is 11.5 Å². The van der Waals surface area contributed by atoms with E-state index in [1.807, 2.05) is 38.1 Å². The summed E-state index contributed by atoms with van der Waals surface area (Å²) in [4.78, 5) is 11.3. The summed E-state index contributed by atoms with van der Waals surface area (Å²) in [5, 5.41) is 0. The van der Waals surface area contributed by atoms with Gasteiger partial charge in [0, 0.05) is 0 Å². The molecule has 0 N–H and O–H groups in total. The van der Waals surface area contributed by atoms with E-state index in [1.54, 1.807) is 13.2 Å². The first-order chi connectivity index (χ1) is 10.0. The Morgan fingerprint density at radius 1 is 1.19 bits per heavy atom. The van der Waals surface area contributed by atoms with Crippen molar-refractivity contribution in [2.24, 2.45) is 0 Å². The average Bonchev–Trinajstić information content (AvgIpc) is 2.46. The van der Waals surface area contributed by atoms with Crippen molar-refractivity contribution < 1.29 is 19.0 Å². The van der Waals surface area contributed by atoms with E-state index in [0.717, 1.165) is 17.7 Å². The number of hydrogen-bond acceptors (Lipinski definition) is 4. The fourth-order valence-corrected chi connectivity index (χ4v) is 1.56. The van der Waals surface area contributed by atoms with Gasteiger partial charge in [-0.1, -0.05) is 6.92 Å². The lowest BCUT2D eigenvalue weighted by Gasteiger charge is -2.12. The fourth-order valence-electron chi connectivity index (χ4n) is 1.56. The van der Waals surface area contributed by atoms with Crippen LogP contribution in [0.4, 0.5) is 0 Å². The van der Waals surface area contributed by atoms with Gasteiger partial charge in [-0.05, 0) is 57.0 Å². The number of hydrogen-bond donors (Lipinski definition) is 0. The summed E-state index contributed by atoms with van der Waals surface area (Å²) in [6, 6.07) is 7.42. The summed E-state index contributed by atoms with van der Waals surface area (Å²) >= 11 is 0. The molecule has 1 aromatic carbocycles. The van der Waals surface area contributed by atoms with Crippen molar-refractivity contribution in [2.75, 3.05) is 6.61 Å². The van der Waals surface area contributed by atoms with Crippen molar-refractivity contribution in [1.82, 2.24) is 0 Å². The molecule has 0 aliphatic heterocycles. The zero-order valence-electron chi connectivity index (χ0n) is 13.2. The second-order valence-corrected chi connectivity index (χ2v) is 4.87. The maximum Gasteiger partial charge on any atom is 0.310 e. The molecule has 0 aliphatic carbocycles. The number of rotatable bonds is 8. The number of benzene rings is 1. The smallest absolute Gasteiger partial charge is 0.310 e. The van der Waals surface area contributed by atoms with E-state index in [9.17, 15) is 4.79 Å². The van der Waals surface area contributed by atoms with Crippen LogP contribution in [-0.2, 0) is 9.53 Å². The van der Waals surface area contributed by atoms with Gasteiger partial charge in [0.25, 0.3) is 0 Å². The van der Waals surface area contributed by atoms with Gasteiger partial charge in [-0.3, -0.25) is 4.79 Å². The minimum Gasteiger partial charge on any atom is -0.491 e. The Kier molecular flexibility index (Phi) is 7.37. The summed E-state index contributed by atoms with van der Waals surface area (Å²) in [6.45, 7) is 8.13. The lowest BCUT2D eigenvalue weighted by atomic mass is 10.2. The maximum atomic E-state index is 11.3. The van der Waals surface area contributed by atoms with Crippen LogP contribution in [0.5, 0.6) is 11.5 Å². The third-order valence-electron chi connectivity index (χ3n) is 2.86. The molecule has 0 radical (unpaired) electrons. The lowest BCUT2D eigenvalue weighted by molar-refractivity contribution is -0.142. The minimum atomic E-state index is -0.243. The van der Waals surface area contributed by atoms with E-state index >= 15 is 0 Å². The third kappa shape index (κ3) is 6.84. The molecule has 0 aliphatic rings. The zero-order chi connectivity index (χ0) is 15.7. The summed E-state index contributed by atoms with van der Waals surface area (Å²) in [5.41, 5.74) is 0.813. The highest BCUT2D eigenvalue weighted by Gasteiger charge is 2.04. The largest absolute Gasteiger partial charge is 0.491 e. The predicted molar refractivity (Wildman–Crippen MR) is 82.5 cm³/mol. The highest BCUT2D eigenvalue weighted by molar-refractivity contribution is 5.72. The van der Waals surface area contributed by atoms with E-state index in [0.29, 0.717) is 12.4 Å². The number of carbonyl (C=O) groups is 1. The van der Waals surface area contributed by atoms with E-state index < -0.39 is 0 Å². The van der Waals surface area contributed by atoms with E-state index in [2.05, 4.69) is 6.92 Å². The molecule has 0 heterocycles. The maximum absolute atomic E-state index is 11.3. The van der Waals surface area contributed by atoms with Gasteiger partial charge in [-0.2, -0.15) is 0 Å². The number of esters is 1. The van der Waals surface area contributed by atoms with Crippen molar-refractivity contribution in [1.29, 1.82) is 0 Å².